The first kappa shape index (κ1) is 20.4. The molecule has 7 nitrogen and oxygen atoms in total. The number of carbonyl (C=O) groups is 2. The van der Waals surface area contributed by atoms with Crippen molar-refractivity contribution in [1.29, 1.82) is 0 Å². The zero-order valence-corrected chi connectivity index (χ0v) is 16.2. The molecule has 1 amide bonds. The van der Waals surface area contributed by atoms with Gasteiger partial charge in [-0.1, -0.05) is 18.2 Å². The van der Waals surface area contributed by atoms with Gasteiger partial charge in [-0.2, -0.15) is 0 Å². The van der Waals surface area contributed by atoms with Crippen molar-refractivity contribution < 1.29 is 22.7 Å². The Kier molecular flexibility index (Phi) is 6.57. The molecule has 0 unspecified atom stereocenters. The molecule has 144 valence electrons. The Morgan fingerprint density at radius 1 is 1.07 bits per heavy atom. The van der Waals surface area contributed by atoms with Crippen LogP contribution < -0.4 is 10.0 Å². The molecule has 0 bridgehead atoms. The molecule has 0 atom stereocenters. The van der Waals surface area contributed by atoms with Gasteiger partial charge in [0.05, 0.1) is 10.5 Å². The molecule has 2 N–H and O–H groups in total. The highest BCUT2D eigenvalue weighted by Crippen LogP contribution is 2.21. The summed E-state index contributed by atoms with van der Waals surface area (Å²) in [6.07, 6.45) is 0. The van der Waals surface area contributed by atoms with E-state index in [0.717, 1.165) is 5.56 Å². The lowest BCUT2D eigenvalue weighted by Gasteiger charge is -2.12. The highest BCUT2D eigenvalue weighted by Gasteiger charge is 2.20. The number of nitrogens with one attached hydrogen (secondary N) is 2. The minimum atomic E-state index is -3.89. The van der Waals surface area contributed by atoms with Gasteiger partial charge in [0.25, 0.3) is 15.9 Å². The Hall–Kier alpha value is -2.87. The predicted molar refractivity (Wildman–Crippen MR) is 102 cm³/mol. The van der Waals surface area contributed by atoms with Crippen molar-refractivity contribution in [3.8, 4) is 0 Å². The van der Waals surface area contributed by atoms with Gasteiger partial charge in [-0.3, -0.25) is 9.52 Å². The van der Waals surface area contributed by atoms with Crippen LogP contribution in [-0.2, 0) is 19.6 Å². The first-order valence-electron chi connectivity index (χ1n) is 8.37. The third-order valence-corrected chi connectivity index (χ3v) is 5.22. The van der Waals surface area contributed by atoms with E-state index in [1.807, 2.05) is 13.0 Å². The Bertz CT molecular complexity index is 954. The summed E-state index contributed by atoms with van der Waals surface area (Å²) in [6, 6.07) is 11.2. The molecule has 0 heterocycles. The summed E-state index contributed by atoms with van der Waals surface area (Å²) < 4.78 is 32.9. The van der Waals surface area contributed by atoms with Crippen LogP contribution in [0.4, 0.5) is 5.69 Å². The number of hydrogen-bond acceptors (Lipinski definition) is 5. The lowest BCUT2D eigenvalue weighted by Crippen LogP contribution is -2.28. The molecular formula is C19H22N2O5S. The van der Waals surface area contributed by atoms with Gasteiger partial charge < -0.3 is 10.1 Å². The fourth-order valence-electron chi connectivity index (χ4n) is 2.40. The molecule has 0 aliphatic carbocycles. The van der Waals surface area contributed by atoms with Crippen LogP contribution in [0.5, 0.6) is 0 Å². The second-order valence-electron chi connectivity index (χ2n) is 5.98. The van der Waals surface area contributed by atoms with Crippen LogP contribution >= 0.6 is 0 Å². The third-order valence-electron chi connectivity index (χ3n) is 3.69. The van der Waals surface area contributed by atoms with E-state index in [0.29, 0.717) is 17.8 Å². The SMILES string of the molecule is CCNC(=O)COC(=O)c1ccc(C)c(S(=O)(=O)Nc2cccc(C)c2)c1. The lowest BCUT2D eigenvalue weighted by molar-refractivity contribution is -0.124. The van der Waals surface area contributed by atoms with E-state index in [2.05, 4.69) is 10.0 Å². The van der Waals surface area contributed by atoms with Gasteiger partial charge in [0, 0.05) is 12.2 Å². The number of anilines is 1. The normalized spacial score (nSPS) is 10.9. The standard InChI is InChI=1S/C19H22N2O5S/c1-4-20-18(22)12-26-19(23)15-9-8-14(3)17(11-15)27(24,25)21-16-7-5-6-13(2)10-16/h5-11,21H,4,12H2,1-3H3,(H,20,22). The minimum Gasteiger partial charge on any atom is -0.452 e. The topological polar surface area (TPSA) is 102 Å². The molecule has 8 heteroatoms. The van der Waals surface area contributed by atoms with Gasteiger partial charge in [-0.15, -0.1) is 0 Å². The molecule has 0 saturated carbocycles. The van der Waals surface area contributed by atoms with Crippen LogP contribution in [0.1, 0.15) is 28.4 Å². The summed E-state index contributed by atoms with van der Waals surface area (Å²) in [5.74, 6) is -1.19. The Balaban J connectivity index is 2.23. The van der Waals surface area contributed by atoms with Crippen LogP contribution in [0.25, 0.3) is 0 Å². The van der Waals surface area contributed by atoms with Crippen molar-refractivity contribution in [2.45, 2.75) is 25.7 Å². The highest BCUT2D eigenvalue weighted by molar-refractivity contribution is 7.92. The average molecular weight is 390 g/mol. The molecule has 2 aromatic rings. The molecule has 2 aromatic carbocycles. The first-order chi connectivity index (χ1) is 12.7. The minimum absolute atomic E-state index is 0.0311. The first-order valence-corrected chi connectivity index (χ1v) is 9.85. The molecule has 0 aliphatic rings. The van der Waals surface area contributed by atoms with Gasteiger partial charge in [0.2, 0.25) is 0 Å². The number of sulfonamides is 1. The molecule has 0 fully saturated rings. The zero-order valence-electron chi connectivity index (χ0n) is 15.4. The largest absolute Gasteiger partial charge is 0.452 e. The fraction of sp³-hybridized carbons (Fsp3) is 0.263. The van der Waals surface area contributed by atoms with E-state index in [1.54, 1.807) is 32.0 Å². The number of hydrogen-bond donors (Lipinski definition) is 2. The molecule has 0 radical (unpaired) electrons. The Morgan fingerprint density at radius 3 is 2.48 bits per heavy atom. The number of rotatable bonds is 7. The van der Waals surface area contributed by atoms with Gasteiger partial charge in [0.1, 0.15) is 0 Å². The lowest BCUT2D eigenvalue weighted by atomic mass is 10.1. The zero-order chi connectivity index (χ0) is 20.0. The van der Waals surface area contributed by atoms with Gasteiger partial charge in [0.15, 0.2) is 6.61 Å². The predicted octanol–water partition coefficient (Wildman–Crippen LogP) is 2.40. The fourth-order valence-corrected chi connectivity index (χ4v) is 3.72. The van der Waals surface area contributed by atoms with E-state index in [1.165, 1.54) is 18.2 Å². The maximum Gasteiger partial charge on any atom is 0.338 e. The van der Waals surface area contributed by atoms with Crippen molar-refractivity contribution in [3.63, 3.8) is 0 Å². The maximum absolute atomic E-state index is 12.7. The number of likely N-dealkylation sites (N-methyl/N-ethyl adjacent to an activating group) is 1. The van der Waals surface area contributed by atoms with E-state index in [-0.39, 0.29) is 10.5 Å². The number of aryl methyl sites for hydroxylation is 2. The smallest absolute Gasteiger partial charge is 0.338 e. The van der Waals surface area contributed by atoms with Crippen LogP contribution in [0.3, 0.4) is 0 Å². The van der Waals surface area contributed by atoms with E-state index in [9.17, 15) is 18.0 Å². The van der Waals surface area contributed by atoms with E-state index < -0.39 is 28.5 Å². The number of esters is 1. The summed E-state index contributed by atoms with van der Waals surface area (Å²) in [6.45, 7) is 5.24. The van der Waals surface area contributed by atoms with Crippen molar-refractivity contribution in [1.82, 2.24) is 5.32 Å². The monoisotopic (exact) mass is 390 g/mol. The van der Waals surface area contributed by atoms with Crippen LogP contribution in [0.2, 0.25) is 0 Å². The molecular weight excluding hydrogens is 368 g/mol. The summed E-state index contributed by atoms with van der Waals surface area (Å²) in [4.78, 5) is 23.5. The van der Waals surface area contributed by atoms with Crippen molar-refractivity contribution >= 4 is 27.6 Å². The molecule has 0 aromatic heterocycles. The van der Waals surface area contributed by atoms with Gasteiger partial charge in [-0.05, 0) is 56.2 Å². The van der Waals surface area contributed by atoms with E-state index >= 15 is 0 Å². The quantitative estimate of drug-likeness (QED) is 0.707. The Morgan fingerprint density at radius 2 is 1.81 bits per heavy atom. The van der Waals surface area contributed by atoms with Gasteiger partial charge >= 0.3 is 5.97 Å². The Labute approximate surface area is 158 Å². The summed E-state index contributed by atoms with van der Waals surface area (Å²) in [5, 5.41) is 2.51. The van der Waals surface area contributed by atoms with Gasteiger partial charge in [-0.25, -0.2) is 13.2 Å². The summed E-state index contributed by atoms with van der Waals surface area (Å²) in [7, 11) is -3.89. The maximum atomic E-state index is 12.7. The van der Waals surface area contributed by atoms with Crippen molar-refractivity contribution in [2.75, 3.05) is 17.9 Å². The highest BCUT2D eigenvalue weighted by atomic mass is 32.2. The summed E-state index contributed by atoms with van der Waals surface area (Å²) >= 11 is 0. The number of carbonyl (C=O) groups excluding carboxylic acids is 2. The second kappa shape index (κ2) is 8.68. The molecule has 0 saturated heterocycles. The second-order valence-corrected chi connectivity index (χ2v) is 7.64. The molecule has 0 aliphatic heterocycles. The molecule has 27 heavy (non-hydrogen) atoms. The van der Waals surface area contributed by atoms with E-state index in [4.69, 9.17) is 4.74 Å². The van der Waals surface area contributed by atoms with Crippen LogP contribution in [-0.4, -0.2) is 33.4 Å². The number of ether oxygens (including phenoxy) is 1. The number of amides is 1. The van der Waals surface area contributed by atoms with Crippen LogP contribution in [0, 0.1) is 13.8 Å². The van der Waals surface area contributed by atoms with Crippen molar-refractivity contribution in [2.24, 2.45) is 0 Å². The van der Waals surface area contributed by atoms with Crippen molar-refractivity contribution in [3.05, 3.63) is 59.2 Å². The molecule has 2 rings (SSSR count). The average Bonchev–Trinajstić information content (AvgIpc) is 2.59. The molecule has 0 spiro atoms. The summed E-state index contributed by atoms with van der Waals surface area (Å²) in [5.41, 5.74) is 1.87. The van der Waals surface area contributed by atoms with Crippen LogP contribution in [0.15, 0.2) is 47.4 Å². The third kappa shape index (κ3) is 5.55. The number of benzene rings is 2.